The molecule has 0 saturated carbocycles. The standard InChI is InChI=1S/C20H24N2O2S/c23-20-17(19-2-1-9-25-19)3-4-18-15-10-14(12-22(18)20)11-21(13-15)16-5-7-24-8-6-16/h1-4,9,14-16H,5-8,10-13H2. The lowest BCUT2D eigenvalue weighted by atomic mass is 9.82. The Kier molecular flexibility index (Phi) is 4.03. The molecule has 25 heavy (non-hydrogen) atoms. The first-order valence-corrected chi connectivity index (χ1v) is 10.3. The normalized spacial score (nSPS) is 27.2. The molecule has 2 fully saturated rings. The topological polar surface area (TPSA) is 34.5 Å². The Labute approximate surface area is 152 Å². The highest BCUT2D eigenvalue weighted by Gasteiger charge is 2.37. The molecule has 2 saturated heterocycles. The lowest BCUT2D eigenvalue weighted by Gasteiger charge is -2.46. The molecule has 5 rings (SSSR count). The predicted molar refractivity (Wildman–Crippen MR) is 100 cm³/mol. The number of hydrogen-bond donors (Lipinski definition) is 0. The maximum Gasteiger partial charge on any atom is 0.259 e. The van der Waals surface area contributed by atoms with Crippen molar-refractivity contribution in [2.24, 2.45) is 5.92 Å². The number of hydrogen-bond acceptors (Lipinski definition) is 4. The number of aromatic nitrogens is 1. The molecule has 3 aliphatic heterocycles. The van der Waals surface area contributed by atoms with Crippen LogP contribution in [0, 0.1) is 5.92 Å². The van der Waals surface area contributed by atoms with Crippen molar-refractivity contribution in [2.75, 3.05) is 26.3 Å². The summed E-state index contributed by atoms with van der Waals surface area (Å²) in [6, 6.07) is 9.00. The van der Waals surface area contributed by atoms with Crippen molar-refractivity contribution in [3.8, 4) is 10.4 Å². The fourth-order valence-electron chi connectivity index (χ4n) is 4.95. The zero-order valence-corrected chi connectivity index (χ0v) is 15.2. The van der Waals surface area contributed by atoms with E-state index in [0.29, 0.717) is 17.9 Å². The number of piperidine rings is 1. The van der Waals surface area contributed by atoms with Gasteiger partial charge in [0.25, 0.3) is 5.56 Å². The number of nitrogens with zero attached hydrogens (tertiary/aromatic N) is 2. The van der Waals surface area contributed by atoms with Gasteiger partial charge in [-0.25, -0.2) is 0 Å². The molecule has 132 valence electrons. The van der Waals surface area contributed by atoms with Gasteiger partial charge in [-0.05, 0) is 48.8 Å². The van der Waals surface area contributed by atoms with Crippen LogP contribution in [0.5, 0.6) is 0 Å². The summed E-state index contributed by atoms with van der Waals surface area (Å²) in [5, 5.41) is 2.04. The second-order valence-corrected chi connectivity index (χ2v) is 8.61. The van der Waals surface area contributed by atoms with Gasteiger partial charge in [-0.3, -0.25) is 9.69 Å². The van der Waals surface area contributed by atoms with Crippen molar-refractivity contribution in [1.29, 1.82) is 0 Å². The van der Waals surface area contributed by atoms with Gasteiger partial charge in [-0.15, -0.1) is 11.3 Å². The van der Waals surface area contributed by atoms with E-state index in [0.717, 1.165) is 56.1 Å². The summed E-state index contributed by atoms with van der Waals surface area (Å²) in [5.74, 6) is 1.10. The minimum atomic E-state index is 0.203. The Morgan fingerprint density at radius 1 is 1.08 bits per heavy atom. The predicted octanol–water partition coefficient (Wildman–Crippen LogP) is 3.17. The maximum atomic E-state index is 13.1. The molecular weight excluding hydrogens is 332 g/mol. The fraction of sp³-hybridized carbons (Fsp3) is 0.550. The minimum absolute atomic E-state index is 0.203. The summed E-state index contributed by atoms with van der Waals surface area (Å²) in [7, 11) is 0. The van der Waals surface area contributed by atoms with Gasteiger partial charge in [0, 0.05) is 55.4 Å². The Hall–Kier alpha value is -1.43. The lowest BCUT2D eigenvalue weighted by Crippen LogP contribution is -2.51. The van der Waals surface area contributed by atoms with Crippen LogP contribution in [-0.4, -0.2) is 41.8 Å². The van der Waals surface area contributed by atoms with E-state index < -0.39 is 0 Å². The van der Waals surface area contributed by atoms with Crippen LogP contribution in [0.25, 0.3) is 10.4 Å². The average Bonchev–Trinajstić information content (AvgIpc) is 3.18. The van der Waals surface area contributed by atoms with E-state index in [4.69, 9.17) is 4.74 Å². The van der Waals surface area contributed by atoms with E-state index in [1.54, 1.807) is 11.3 Å². The molecular formula is C20H24N2O2S. The molecule has 3 aliphatic rings. The largest absolute Gasteiger partial charge is 0.381 e. The van der Waals surface area contributed by atoms with Gasteiger partial charge in [0.1, 0.15) is 0 Å². The van der Waals surface area contributed by atoms with Gasteiger partial charge in [0.2, 0.25) is 0 Å². The van der Waals surface area contributed by atoms with Gasteiger partial charge < -0.3 is 9.30 Å². The van der Waals surface area contributed by atoms with E-state index >= 15 is 0 Å². The molecule has 0 N–H and O–H groups in total. The highest BCUT2D eigenvalue weighted by atomic mass is 32.1. The monoisotopic (exact) mass is 356 g/mol. The molecule has 4 nitrogen and oxygen atoms in total. The Morgan fingerprint density at radius 3 is 2.76 bits per heavy atom. The van der Waals surface area contributed by atoms with Gasteiger partial charge in [-0.1, -0.05) is 6.07 Å². The molecule has 0 aromatic carbocycles. The van der Waals surface area contributed by atoms with Crippen molar-refractivity contribution in [3.05, 3.63) is 45.7 Å². The molecule has 0 amide bonds. The fourth-order valence-corrected chi connectivity index (χ4v) is 5.69. The molecule has 0 spiro atoms. The molecule has 2 aromatic heterocycles. The summed E-state index contributed by atoms with van der Waals surface area (Å²) in [4.78, 5) is 16.8. The molecule has 2 atom stereocenters. The van der Waals surface area contributed by atoms with Crippen LogP contribution in [0.1, 0.15) is 30.9 Å². The second kappa shape index (κ2) is 6.38. The van der Waals surface area contributed by atoms with Crippen molar-refractivity contribution in [2.45, 2.75) is 37.8 Å². The van der Waals surface area contributed by atoms with Crippen LogP contribution in [0.15, 0.2) is 34.4 Å². The Bertz CT molecular complexity index is 808. The van der Waals surface area contributed by atoms with Crippen LogP contribution >= 0.6 is 11.3 Å². The summed E-state index contributed by atoms with van der Waals surface area (Å²) in [6.07, 6.45) is 3.55. The van der Waals surface area contributed by atoms with Gasteiger partial charge >= 0.3 is 0 Å². The van der Waals surface area contributed by atoms with Crippen LogP contribution < -0.4 is 5.56 Å². The molecule has 5 heterocycles. The number of pyridine rings is 1. The van der Waals surface area contributed by atoms with Crippen LogP contribution in [0.4, 0.5) is 0 Å². The third kappa shape index (κ3) is 2.78. The Balaban J connectivity index is 1.46. The van der Waals surface area contributed by atoms with Gasteiger partial charge in [-0.2, -0.15) is 0 Å². The van der Waals surface area contributed by atoms with Crippen LogP contribution in [0.2, 0.25) is 0 Å². The first-order valence-electron chi connectivity index (χ1n) is 9.39. The third-order valence-corrected chi connectivity index (χ3v) is 7.03. The number of fused-ring (bicyclic) bond motifs is 4. The zero-order valence-electron chi connectivity index (χ0n) is 14.4. The van der Waals surface area contributed by atoms with Gasteiger partial charge in [0.15, 0.2) is 0 Å². The molecule has 5 heteroatoms. The quantitative estimate of drug-likeness (QED) is 0.829. The number of likely N-dealkylation sites (tertiary alicyclic amines) is 1. The zero-order chi connectivity index (χ0) is 16.8. The lowest BCUT2D eigenvalue weighted by molar-refractivity contribution is 0.00589. The van der Waals surface area contributed by atoms with Crippen LogP contribution in [-0.2, 0) is 11.3 Å². The van der Waals surface area contributed by atoms with Crippen molar-refractivity contribution in [3.63, 3.8) is 0 Å². The van der Waals surface area contributed by atoms with E-state index in [2.05, 4.69) is 15.5 Å². The molecule has 0 aliphatic carbocycles. The minimum Gasteiger partial charge on any atom is -0.381 e. The van der Waals surface area contributed by atoms with Crippen molar-refractivity contribution in [1.82, 2.24) is 9.47 Å². The second-order valence-electron chi connectivity index (χ2n) is 7.66. The summed E-state index contributed by atoms with van der Waals surface area (Å²) < 4.78 is 7.61. The van der Waals surface area contributed by atoms with E-state index in [9.17, 15) is 4.79 Å². The highest BCUT2D eigenvalue weighted by molar-refractivity contribution is 7.13. The molecule has 2 aromatic rings. The molecule has 0 radical (unpaired) electrons. The average molecular weight is 356 g/mol. The van der Waals surface area contributed by atoms with E-state index in [1.165, 1.54) is 12.1 Å². The number of ether oxygens (including phenoxy) is 1. The summed E-state index contributed by atoms with van der Waals surface area (Å²) in [5.41, 5.74) is 2.31. The van der Waals surface area contributed by atoms with Crippen molar-refractivity contribution >= 4 is 11.3 Å². The number of rotatable bonds is 2. The molecule has 2 unspecified atom stereocenters. The summed E-state index contributed by atoms with van der Waals surface area (Å²) >= 11 is 1.65. The van der Waals surface area contributed by atoms with Gasteiger partial charge in [0.05, 0.1) is 5.56 Å². The maximum absolute atomic E-state index is 13.1. The Morgan fingerprint density at radius 2 is 1.96 bits per heavy atom. The third-order valence-electron chi connectivity index (χ3n) is 6.13. The number of thiophene rings is 1. The summed E-state index contributed by atoms with van der Waals surface area (Å²) in [6.45, 7) is 4.91. The van der Waals surface area contributed by atoms with E-state index in [1.807, 2.05) is 23.6 Å². The SMILES string of the molecule is O=c1c(-c2cccs2)ccc2n1CC1CC2CN(C2CCOCC2)C1. The smallest absolute Gasteiger partial charge is 0.259 e. The highest BCUT2D eigenvalue weighted by Crippen LogP contribution is 2.37. The first-order chi connectivity index (χ1) is 12.3. The van der Waals surface area contributed by atoms with Crippen LogP contribution in [0.3, 0.4) is 0 Å². The first kappa shape index (κ1) is 15.8. The van der Waals surface area contributed by atoms with Crippen molar-refractivity contribution < 1.29 is 4.74 Å². The van der Waals surface area contributed by atoms with E-state index in [-0.39, 0.29) is 5.56 Å². The molecule has 2 bridgehead atoms.